The number of carbonyl (C=O) groups is 2. The Morgan fingerprint density at radius 1 is 1.09 bits per heavy atom. The average molecular weight is 448 g/mol. The SMILES string of the molecule is CC(C)CCNC(=O)[C@H](C)C1CCN(C(=O)c2ccc3nc(-c4ccccc4)oc3c2)CC1. The third kappa shape index (κ3) is 5.44. The summed E-state index contributed by atoms with van der Waals surface area (Å²) in [5.74, 6) is 1.54. The molecule has 2 amide bonds. The molecule has 33 heavy (non-hydrogen) atoms. The number of nitrogens with zero attached hydrogens (tertiary/aromatic N) is 2. The number of hydrogen-bond donors (Lipinski definition) is 1. The van der Waals surface area contributed by atoms with Gasteiger partial charge >= 0.3 is 0 Å². The summed E-state index contributed by atoms with van der Waals surface area (Å²) in [5, 5.41) is 3.07. The number of piperidine rings is 1. The lowest BCUT2D eigenvalue weighted by molar-refractivity contribution is -0.126. The van der Waals surface area contributed by atoms with E-state index in [9.17, 15) is 9.59 Å². The Hall–Kier alpha value is -3.15. The molecule has 4 rings (SSSR count). The normalized spacial score (nSPS) is 15.7. The Morgan fingerprint density at radius 3 is 2.52 bits per heavy atom. The fourth-order valence-corrected chi connectivity index (χ4v) is 4.41. The van der Waals surface area contributed by atoms with Crippen molar-refractivity contribution in [1.82, 2.24) is 15.2 Å². The first-order valence-electron chi connectivity index (χ1n) is 12.0. The third-order valence-corrected chi connectivity index (χ3v) is 6.62. The van der Waals surface area contributed by atoms with E-state index in [0.717, 1.165) is 36.9 Å². The molecule has 2 aromatic carbocycles. The molecule has 0 unspecified atom stereocenters. The van der Waals surface area contributed by atoms with Crippen molar-refractivity contribution < 1.29 is 14.0 Å². The highest BCUT2D eigenvalue weighted by atomic mass is 16.3. The van der Waals surface area contributed by atoms with Crippen molar-refractivity contribution in [3.05, 3.63) is 54.1 Å². The highest BCUT2D eigenvalue weighted by Crippen LogP contribution is 2.28. The van der Waals surface area contributed by atoms with Gasteiger partial charge in [-0.25, -0.2) is 4.98 Å². The predicted molar refractivity (Wildman–Crippen MR) is 130 cm³/mol. The maximum absolute atomic E-state index is 13.1. The standard InChI is InChI=1S/C27H33N3O3/c1-18(2)11-14-28-25(31)19(3)20-12-15-30(16-13-20)27(32)22-9-10-23-24(17-22)33-26(29-23)21-7-5-4-6-8-21/h4-10,17-20H,11-16H2,1-3H3,(H,28,31)/t19-/m1/s1. The zero-order valence-corrected chi connectivity index (χ0v) is 19.7. The minimum absolute atomic E-state index is 0.00190. The van der Waals surface area contributed by atoms with E-state index in [1.165, 1.54) is 0 Å². The lowest BCUT2D eigenvalue weighted by atomic mass is 9.84. The van der Waals surface area contributed by atoms with Gasteiger partial charge in [0.2, 0.25) is 11.8 Å². The second kappa shape index (κ2) is 10.2. The van der Waals surface area contributed by atoms with Gasteiger partial charge in [-0.2, -0.15) is 0 Å². The van der Waals surface area contributed by atoms with Crippen molar-refractivity contribution in [2.75, 3.05) is 19.6 Å². The summed E-state index contributed by atoms with van der Waals surface area (Å²) in [5.41, 5.74) is 2.87. The fourth-order valence-electron chi connectivity index (χ4n) is 4.41. The molecule has 0 saturated carbocycles. The van der Waals surface area contributed by atoms with Crippen LogP contribution in [0.1, 0.15) is 50.4 Å². The summed E-state index contributed by atoms with van der Waals surface area (Å²) in [7, 11) is 0. The van der Waals surface area contributed by atoms with E-state index in [0.29, 0.717) is 42.0 Å². The largest absolute Gasteiger partial charge is 0.436 e. The van der Waals surface area contributed by atoms with Gasteiger partial charge in [0.15, 0.2) is 5.58 Å². The Labute approximate surface area is 195 Å². The van der Waals surface area contributed by atoms with Gasteiger partial charge in [0.25, 0.3) is 5.91 Å². The molecule has 6 nitrogen and oxygen atoms in total. The summed E-state index contributed by atoms with van der Waals surface area (Å²) in [6.07, 6.45) is 2.67. The first-order chi connectivity index (χ1) is 15.9. The number of carbonyl (C=O) groups excluding carboxylic acids is 2. The molecule has 1 aromatic heterocycles. The van der Waals surface area contributed by atoms with E-state index >= 15 is 0 Å². The second-order valence-corrected chi connectivity index (χ2v) is 9.46. The van der Waals surface area contributed by atoms with Crippen molar-refractivity contribution in [3.8, 4) is 11.5 Å². The number of oxazole rings is 1. The van der Waals surface area contributed by atoms with Gasteiger partial charge in [0.1, 0.15) is 5.52 Å². The molecular formula is C27H33N3O3. The van der Waals surface area contributed by atoms with Crippen LogP contribution < -0.4 is 5.32 Å². The molecule has 1 N–H and O–H groups in total. The highest BCUT2D eigenvalue weighted by molar-refractivity contribution is 5.97. The molecule has 1 aliphatic rings. The van der Waals surface area contributed by atoms with Crippen molar-refractivity contribution in [3.63, 3.8) is 0 Å². The van der Waals surface area contributed by atoms with Crippen molar-refractivity contribution in [2.24, 2.45) is 17.8 Å². The summed E-state index contributed by atoms with van der Waals surface area (Å²) < 4.78 is 5.93. The number of hydrogen-bond acceptors (Lipinski definition) is 4. The van der Waals surface area contributed by atoms with Gasteiger partial charge in [0, 0.05) is 36.7 Å². The molecule has 1 atom stereocenters. The van der Waals surface area contributed by atoms with Gasteiger partial charge < -0.3 is 14.6 Å². The predicted octanol–water partition coefficient (Wildman–Crippen LogP) is 5.15. The number of rotatable bonds is 7. The quantitative estimate of drug-likeness (QED) is 0.544. The van der Waals surface area contributed by atoms with E-state index in [-0.39, 0.29) is 17.7 Å². The molecule has 2 heterocycles. The van der Waals surface area contributed by atoms with Crippen LogP contribution in [0.3, 0.4) is 0 Å². The Balaban J connectivity index is 1.36. The van der Waals surface area contributed by atoms with E-state index in [2.05, 4.69) is 24.1 Å². The van der Waals surface area contributed by atoms with Crippen LogP contribution >= 0.6 is 0 Å². The van der Waals surface area contributed by atoms with Crippen LogP contribution in [0.5, 0.6) is 0 Å². The van der Waals surface area contributed by atoms with Gasteiger partial charge in [-0.3, -0.25) is 9.59 Å². The summed E-state index contributed by atoms with van der Waals surface area (Å²) in [4.78, 5) is 32.0. The number of fused-ring (bicyclic) bond motifs is 1. The molecule has 0 bridgehead atoms. The van der Waals surface area contributed by atoms with Crippen LogP contribution in [0.15, 0.2) is 52.9 Å². The van der Waals surface area contributed by atoms with Crippen LogP contribution in [-0.4, -0.2) is 41.3 Å². The van der Waals surface area contributed by atoms with E-state index in [1.807, 2.05) is 54.3 Å². The maximum atomic E-state index is 13.1. The van der Waals surface area contributed by atoms with Gasteiger partial charge in [-0.15, -0.1) is 0 Å². The molecule has 3 aromatic rings. The minimum atomic E-state index is -0.0311. The third-order valence-electron chi connectivity index (χ3n) is 6.62. The van der Waals surface area contributed by atoms with E-state index in [1.54, 1.807) is 6.07 Å². The molecule has 6 heteroatoms. The Morgan fingerprint density at radius 2 is 1.82 bits per heavy atom. The average Bonchev–Trinajstić information content (AvgIpc) is 3.27. The fraction of sp³-hybridized carbons (Fsp3) is 0.444. The first-order valence-corrected chi connectivity index (χ1v) is 12.0. The van der Waals surface area contributed by atoms with Crippen LogP contribution in [0.4, 0.5) is 0 Å². The first kappa shape index (κ1) is 23.0. The molecule has 0 spiro atoms. The van der Waals surface area contributed by atoms with Crippen LogP contribution in [0.25, 0.3) is 22.6 Å². The summed E-state index contributed by atoms with van der Waals surface area (Å²) in [6.45, 7) is 8.38. The van der Waals surface area contributed by atoms with E-state index < -0.39 is 0 Å². The zero-order valence-electron chi connectivity index (χ0n) is 19.7. The molecule has 1 saturated heterocycles. The Bertz CT molecular complexity index is 1100. The highest BCUT2D eigenvalue weighted by Gasteiger charge is 2.30. The lowest BCUT2D eigenvalue weighted by Crippen LogP contribution is -2.42. The van der Waals surface area contributed by atoms with Crippen molar-refractivity contribution in [2.45, 2.75) is 40.0 Å². The van der Waals surface area contributed by atoms with Crippen LogP contribution in [0.2, 0.25) is 0 Å². The molecule has 1 fully saturated rings. The molecule has 174 valence electrons. The number of likely N-dealkylation sites (tertiary alicyclic amines) is 1. The molecule has 1 aliphatic heterocycles. The number of aromatic nitrogens is 1. The summed E-state index contributed by atoms with van der Waals surface area (Å²) >= 11 is 0. The number of amides is 2. The monoisotopic (exact) mass is 447 g/mol. The Kier molecular flexibility index (Phi) is 7.11. The van der Waals surface area contributed by atoms with Crippen LogP contribution in [-0.2, 0) is 4.79 Å². The van der Waals surface area contributed by atoms with Gasteiger partial charge in [-0.1, -0.05) is 39.0 Å². The smallest absolute Gasteiger partial charge is 0.253 e. The lowest BCUT2D eigenvalue weighted by Gasteiger charge is -2.34. The number of benzene rings is 2. The maximum Gasteiger partial charge on any atom is 0.253 e. The van der Waals surface area contributed by atoms with Crippen molar-refractivity contribution >= 4 is 22.9 Å². The number of nitrogens with one attached hydrogen (secondary N) is 1. The van der Waals surface area contributed by atoms with Gasteiger partial charge in [0.05, 0.1) is 0 Å². The zero-order chi connectivity index (χ0) is 23.4. The van der Waals surface area contributed by atoms with Gasteiger partial charge in [-0.05, 0) is 61.4 Å². The second-order valence-electron chi connectivity index (χ2n) is 9.46. The molecule has 0 aliphatic carbocycles. The minimum Gasteiger partial charge on any atom is -0.436 e. The topological polar surface area (TPSA) is 75.4 Å². The summed E-state index contributed by atoms with van der Waals surface area (Å²) in [6, 6.07) is 15.2. The molecule has 0 radical (unpaired) electrons. The molecular weight excluding hydrogens is 414 g/mol. The van der Waals surface area contributed by atoms with E-state index in [4.69, 9.17) is 4.42 Å². The van der Waals surface area contributed by atoms with Crippen LogP contribution in [0, 0.1) is 17.8 Å². The van der Waals surface area contributed by atoms with Crippen molar-refractivity contribution in [1.29, 1.82) is 0 Å².